The largest absolute Gasteiger partial charge is 0.508 e. The number of benzene rings is 2. The predicted octanol–water partition coefficient (Wildman–Crippen LogP) is 4.89. The summed E-state index contributed by atoms with van der Waals surface area (Å²) in [5.41, 5.74) is 3.54. The molecule has 2 aromatic carbocycles. The van der Waals surface area contributed by atoms with Gasteiger partial charge in [-0.1, -0.05) is 29.4 Å². The summed E-state index contributed by atoms with van der Waals surface area (Å²) < 4.78 is 0. The fourth-order valence-electron chi connectivity index (χ4n) is 2.57. The highest BCUT2D eigenvalue weighted by molar-refractivity contribution is 7.99. The molecule has 3 rings (SSSR count). The number of hydrogen-bond acceptors (Lipinski definition) is 3. The predicted molar refractivity (Wildman–Crippen MR) is 93.9 cm³/mol. The molecule has 1 N–H and O–H groups in total. The second kappa shape index (κ2) is 6.37. The van der Waals surface area contributed by atoms with Gasteiger partial charge in [0.2, 0.25) is 0 Å². The van der Waals surface area contributed by atoms with Crippen LogP contribution in [0.25, 0.3) is 5.57 Å². The van der Waals surface area contributed by atoms with Crippen LogP contribution < -0.4 is 0 Å². The van der Waals surface area contributed by atoms with Crippen molar-refractivity contribution in [2.24, 2.45) is 0 Å². The van der Waals surface area contributed by atoms with Gasteiger partial charge < -0.3 is 10.0 Å². The van der Waals surface area contributed by atoms with Gasteiger partial charge in [0.1, 0.15) is 5.75 Å². The van der Waals surface area contributed by atoms with E-state index in [9.17, 15) is 5.11 Å². The lowest BCUT2D eigenvalue weighted by atomic mass is 9.96. The van der Waals surface area contributed by atoms with E-state index in [2.05, 4.69) is 31.1 Å². The van der Waals surface area contributed by atoms with E-state index in [1.54, 1.807) is 17.8 Å². The molecule has 0 spiro atoms. The Hall–Kier alpha value is -1.42. The third-order valence-electron chi connectivity index (χ3n) is 3.63. The summed E-state index contributed by atoms with van der Waals surface area (Å²) >= 11 is 7.87. The number of nitrogens with zero attached hydrogens (tertiary/aromatic N) is 1. The zero-order chi connectivity index (χ0) is 15.7. The molecule has 1 heterocycles. The maximum atomic E-state index is 9.75. The van der Waals surface area contributed by atoms with Crippen LogP contribution >= 0.6 is 23.4 Å². The van der Waals surface area contributed by atoms with Crippen LogP contribution in [0.15, 0.2) is 52.3 Å². The van der Waals surface area contributed by atoms with Crippen molar-refractivity contribution in [1.29, 1.82) is 0 Å². The summed E-state index contributed by atoms with van der Waals surface area (Å²) in [6.07, 6.45) is 3.24. The van der Waals surface area contributed by atoms with Gasteiger partial charge in [0.15, 0.2) is 0 Å². The molecular formula is C18H18ClNOS. The van der Waals surface area contributed by atoms with Gasteiger partial charge in [0.05, 0.1) is 0 Å². The summed E-state index contributed by atoms with van der Waals surface area (Å²) in [7, 11) is 4.15. The molecule has 0 atom stereocenters. The van der Waals surface area contributed by atoms with Crippen molar-refractivity contribution in [3.63, 3.8) is 0 Å². The average Bonchev–Trinajstić information content (AvgIpc) is 2.46. The Morgan fingerprint density at radius 3 is 2.68 bits per heavy atom. The third kappa shape index (κ3) is 3.17. The van der Waals surface area contributed by atoms with Crippen LogP contribution in [-0.4, -0.2) is 30.6 Å². The van der Waals surface area contributed by atoms with Crippen molar-refractivity contribution in [1.82, 2.24) is 4.90 Å². The summed E-state index contributed by atoms with van der Waals surface area (Å²) in [5.74, 6) is 0.302. The van der Waals surface area contributed by atoms with Crippen LogP contribution in [0.4, 0.5) is 0 Å². The van der Waals surface area contributed by atoms with Gasteiger partial charge in [-0.25, -0.2) is 0 Å². The fourth-order valence-corrected chi connectivity index (χ4v) is 3.86. The van der Waals surface area contributed by atoms with E-state index < -0.39 is 0 Å². The quantitative estimate of drug-likeness (QED) is 0.739. The summed E-state index contributed by atoms with van der Waals surface area (Å²) in [6.45, 7) is 1.000. The number of halogens is 1. The Morgan fingerprint density at radius 2 is 1.91 bits per heavy atom. The van der Waals surface area contributed by atoms with Crippen molar-refractivity contribution in [2.75, 3.05) is 20.6 Å². The first-order valence-electron chi connectivity index (χ1n) is 7.20. The number of fused-ring (bicyclic) bond motifs is 2. The highest BCUT2D eigenvalue weighted by atomic mass is 35.5. The van der Waals surface area contributed by atoms with E-state index in [4.69, 9.17) is 11.6 Å². The molecule has 2 nitrogen and oxygen atoms in total. The van der Waals surface area contributed by atoms with Gasteiger partial charge in [-0.3, -0.25) is 0 Å². The van der Waals surface area contributed by atoms with Crippen molar-refractivity contribution < 1.29 is 5.11 Å². The van der Waals surface area contributed by atoms with Crippen LogP contribution in [0, 0.1) is 0 Å². The van der Waals surface area contributed by atoms with Crippen LogP contribution in [0.1, 0.15) is 17.5 Å². The molecule has 0 aliphatic carbocycles. The fraction of sp³-hybridized carbons (Fsp3) is 0.222. The molecule has 1 aliphatic rings. The minimum absolute atomic E-state index is 0.302. The molecule has 1 aliphatic heterocycles. The lowest BCUT2D eigenvalue weighted by Crippen LogP contribution is -2.12. The van der Waals surface area contributed by atoms with Gasteiger partial charge >= 0.3 is 0 Å². The maximum Gasteiger partial charge on any atom is 0.116 e. The number of phenols is 1. The Labute approximate surface area is 140 Å². The van der Waals surface area contributed by atoms with Gasteiger partial charge in [0.25, 0.3) is 0 Å². The smallest absolute Gasteiger partial charge is 0.116 e. The molecule has 114 valence electrons. The molecule has 4 heteroatoms. The van der Waals surface area contributed by atoms with Gasteiger partial charge in [0, 0.05) is 21.4 Å². The lowest BCUT2D eigenvalue weighted by molar-refractivity contribution is 0.417. The highest BCUT2D eigenvalue weighted by Gasteiger charge is 2.21. The third-order valence-corrected chi connectivity index (χ3v) is 5.00. The zero-order valence-corrected chi connectivity index (χ0v) is 14.2. The molecule has 0 fully saturated rings. The molecule has 0 unspecified atom stereocenters. The van der Waals surface area contributed by atoms with Crippen LogP contribution in [0.3, 0.4) is 0 Å². The first-order valence-corrected chi connectivity index (χ1v) is 8.40. The lowest BCUT2D eigenvalue weighted by Gasteiger charge is -2.23. The molecule has 0 amide bonds. The Morgan fingerprint density at radius 1 is 1.09 bits per heavy atom. The van der Waals surface area contributed by atoms with Gasteiger partial charge in [-0.15, -0.1) is 0 Å². The van der Waals surface area contributed by atoms with E-state index in [0.29, 0.717) is 5.75 Å². The van der Waals surface area contributed by atoms with Gasteiger partial charge in [-0.05, 0) is 73.6 Å². The summed E-state index contributed by atoms with van der Waals surface area (Å²) in [5, 5.41) is 10.5. The normalized spacial score (nSPS) is 15.0. The molecule has 0 saturated heterocycles. The van der Waals surface area contributed by atoms with E-state index in [1.165, 1.54) is 16.0 Å². The van der Waals surface area contributed by atoms with Crippen molar-refractivity contribution in [2.45, 2.75) is 16.2 Å². The van der Waals surface area contributed by atoms with Crippen LogP contribution in [0.5, 0.6) is 5.75 Å². The molecular weight excluding hydrogens is 314 g/mol. The Kier molecular flexibility index (Phi) is 4.48. The Bertz CT molecular complexity index is 740. The van der Waals surface area contributed by atoms with E-state index in [0.717, 1.165) is 28.4 Å². The number of hydrogen-bond donors (Lipinski definition) is 1. The number of aromatic hydroxyl groups is 1. The summed E-state index contributed by atoms with van der Waals surface area (Å²) in [4.78, 5) is 4.44. The molecule has 0 aromatic heterocycles. The number of phenolic OH excluding ortho intramolecular Hbond substituents is 1. The molecule has 2 aromatic rings. The second-order valence-electron chi connectivity index (χ2n) is 5.63. The van der Waals surface area contributed by atoms with E-state index in [1.807, 2.05) is 24.3 Å². The summed E-state index contributed by atoms with van der Waals surface area (Å²) in [6, 6.07) is 11.6. The average molecular weight is 332 g/mol. The highest BCUT2D eigenvalue weighted by Crippen LogP contribution is 2.47. The SMILES string of the molecule is CN(C)CCC=C1c2ccc(O)cc2Sc2ccc(Cl)cc21. The Balaban J connectivity index is 2.08. The van der Waals surface area contributed by atoms with Crippen molar-refractivity contribution >= 4 is 28.9 Å². The monoisotopic (exact) mass is 331 g/mol. The molecule has 0 radical (unpaired) electrons. The van der Waals surface area contributed by atoms with Crippen molar-refractivity contribution in [3.8, 4) is 5.75 Å². The minimum Gasteiger partial charge on any atom is -0.508 e. The first-order chi connectivity index (χ1) is 10.5. The van der Waals surface area contributed by atoms with E-state index >= 15 is 0 Å². The topological polar surface area (TPSA) is 23.5 Å². The number of rotatable bonds is 3. The zero-order valence-electron chi connectivity index (χ0n) is 12.6. The molecule has 22 heavy (non-hydrogen) atoms. The first kappa shape index (κ1) is 15.5. The standard InChI is InChI=1S/C18H18ClNOS/c1-20(2)9-3-4-14-15-7-6-13(21)11-18(15)22-17-8-5-12(19)10-16(14)17/h4-8,10-11,21H,3,9H2,1-2H3. The van der Waals surface area contributed by atoms with Crippen LogP contribution in [0.2, 0.25) is 5.02 Å². The van der Waals surface area contributed by atoms with Gasteiger partial charge in [-0.2, -0.15) is 0 Å². The molecule has 0 saturated carbocycles. The van der Waals surface area contributed by atoms with Crippen molar-refractivity contribution in [3.05, 3.63) is 58.6 Å². The maximum absolute atomic E-state index is 9.75. The minimum atomic E-state index is 0.302. The van der Waals surface area contributed by atoms with E-state index in [-0.39, 0.29) is 0 Å². The van der Waals surface area contributed by atoms with Crippen LogP contribution in [-0.2, 0) is 0 Å². The second-order valence-corrected chi connectivity index (χ2v) is 7.15. The molecule has 0 bridgehead atoms.